The normalized spacial score (nSPS) is 11.8. The first-order chi connectivity index (χ1) is 10.4. The summed E-state index contributed by atoms with van der Waals surface area (Å²) in [5.74, 6) is 0. The fraction of sp³-hybridized carbons (Fsp3) is 0.133. The molecule has 0 aliphatic rings. The van der Waals surface area contributed by atoms with E-state index in [1.54, 1.807) is 24.3 Å². The second kappa shape index (κ2) is 5.17. The van der Waals surface area contributed by atoms with Crippen molar-refractivity contribution in [3.8, 4) is 11.1 Å². The van der Waals surface area contributed by atoms with E-state index in [9.17, 15) is 18.0 Å². The third kappa shape index (κ3) is 2.27. The number of hydrogen-bond acceptors (Lipinski definition) is 3. The average Bonchev–Trinajstić information content (AvgIpc) is 3.10. The molecule has 0 fully saturated rings. The molecule has 7 heteroatoms. The summed E-state index contributed by atoms with van der Waals surface area (Å²) in [7, 11) is 1.22. The first-order valence-electron chi connectivity index (χ1n) is 6.27. The van der Waals surface area contributed by atoms with Gasteiger partial charge in [-0.15, -0.1) is 11.3 Å². The summed E-state index contributed by atoms with van der Waals surface area (Å²) in [6, 6.07) is 8.19. The van der Waals surface area contributed by atoms with Crippen LogP contribution in [0, 0.1) is 0 Å². The van der Waals surface area contributed by atoms with Crippen LogP contribution in [0.15, 0.2) is 41.9 Å². The van der Waals surface area contributed by atoms with E-state index < -0.39 is 17.1 Å². The minimum Gasteiger partial charge on any atom is -0.452 e. The van der Waals surface area contributed by atoms with E-state index >= 15 is 0 Å². The number of rotatable bonds is 1. The molecule has 2 aromatic heterocycles. The van der Waals surface area contributed by atoms with E-state index in [4.69, 9.17) is 0 Å². The van der Waals surface area contributed by atoms with E-state index in [-0.39, 0.29) is 5.56 Å². The van der Waals surface area contributed by atoms with Crippen molar-refractivity contribution in [1.82, 2.24) is 4.57 Å². The summed E-state index contributed by atoms with van der Waals surface area (Å²) >= 11 is 0.633. The Morgan fingerprint density at radius 1 is 1.18 bits per heavy atom. The van der Waals surface area contributed by atoms with Gasteiger partial charge in [-0.1, -0.05) is 18.2 Å². The van der Waals surface area contributed by atoms with Gasteiger partial charge in [-0.3, -0.25) is 4.57 Å². The molecule has 2 heterocycles. The molecule has 0 aliphatic heterocycles. The number of carbonyl (C=O) groups excluding carboxylic acids is 1. The lowest BCUT2D eigenvalue weighted by atomic mass is 10.1. The van der Waals surface area contributed by atoms with Gasteiger partial charge in [-0.05, 0) is 17.5 Å². The molecular formula is C15H10F3NO2S. The number of para-hydroxylation sites is 1. The van der Waals surface area contributed by atoms with Crippen LogP contribution >= 0.6 is 11.3 Å². The van der Waals surface area contributed by atoms with Crippen LogP contribution in [0.5, 0.6) is 0 Å². The highest BCUT2D eigenvalue weighted by Gasteiger charge is 2.36. The fourth-order valence-electron chi connectivity index (χ4n) is 2.38. The summed E-state index contributed by atoms with van der Waals surface area (Å²) in [5.41, 5.74) is 0.926. The molecule has 0 saturated carbocycles. The summed E-state index contributed by atoms with van der Waals surface area (Å²) in [6.07, 6.45) is -3.70. The quantitative estimate of drug-likeness (QED) is 0.630. The van der Waals surface area contributed by atoms with Crippen molar-refractivity contribution < 1.29 is 22.7 Å². The van der Waals surface area contributed by atoms with E-state index in [0.717, 1.165) is 0 Å². The standard InChI is InChI=1S/C15H10F3NO2S/c1-21-14(20)19-8-11(9-4-2-3-5-12(9)19)10-6-7-22-13(10)15(16,17)18/h2-8H,1H3. The Labute approximate surface area is 127 Å². The largest absolute Gasteiger partial charge is 0.452 e. The Hall–Kier alpha value is -2.28. The number of alkyl halides is 3. The Kier molecular flexibility index (Phi) is 3.44. The smallest absolute Gasteiger partial charge is 0.426 e. The minimum absolute atomic E-state index is 0.0661. The lowest BCUT2D eigenvalue weighted by Gasteiger charge is -2.06. The number of thiophene rings is 1. The molecule has 0 bridgehead atoms. The van der Waals surface area contributed by atoms with Crippen molar-refractivity contribution >= 4 is 28.3 Å². The van der Waals surface area contributed by atoms with Crippen LogP contribution in [0.2, 0.25) is 0 Å². The molecule has 0 amide bonds. The monoisotopic (exact) mass is 325 g/mol. The molecule has 0 aliphatic carbocycles. The molecule has 3 nitrogen and oxygen atoms in total. The molecule has 3 rings (SSSR count). The van der Waals surface area contributed by atoms with Gasteiger partial charge in [0.15, 0.2) is 0 Å². The lowest BCUT2D eigenvalue weighted by molar-refractivity contribution is -0.133. The Balaban J connectivity index is 2.29. The average molecular weight is 325 g/mol. The van der Waals surface area contributed by atoms with E-state index in [0.29, 0.717) is 27.8 Å². The Bertz CT molecular complexity index is 848. The molecule has 0 saturated heterocycles. The SMILES string of the molecule is COC(=O)n1cc(-c2ccsc2C(F)(F)F)c2ccccc21. The highest BCUT2D eigenvalue weighted by atomic mass is 32.1. The number of aromatic nitrogens is 1. The maximum atomic E-state index is 13.1. The van der Waals surface area contributed by atoms with Crippen LogP contribution in [-0.2, 0) is 10.9 Å². The molecule has 0 N–H and O–H groups in total. The molecule has 0 atom stereocenters. The van der Waals surface area contributed by atoms with Crippen LogP contribution < -0.4 is 0 Å². The van der Waals surface area contributed by atoms with Gasteiger partial charge in [-0.25, -0.2) is 4.79 Å². The Morgan fingerprint density at radius 2 is 1.91 bits per heavy atom. The molecule has 0 spiro atoms. The van der Waals surface area contributed by atoms with Crippen molar-refractivity contribution in [1.29, 1.82) is 0 Å². The number of nitrogens with zero attached hydrogens (tertiary/aromatic N) is 1. The second-order valence-corrected chi connectivity index (χ2v) is 5.48. The predicted molar refractivity (Wildman–Crippen MR) is 78.1 cm³/mol. The molecule has 3 aromatic rings. The Morgan fingerprint density at radius 3 is 2.59 bits per heavy atom. The topological polar surface area (TPSA) is 31.2 Å². The van der Waals surface area contributed by atoms with Gasteiger partial charge in [0.1, 0.15) is 4.88 Å². The van der Waals surface area contributed by atoms with Crippen molar-refractivity contribution in [2.24, 2.45) is 0 Å². The van der Waals surface area contributed by atoms with Crippen LogP contribution in [-0.4, -0.2) is 17.8 Å². The number of benzene rings is 1. The van der Waals surface area contributed by atoms with Gasteiger partial charge in [0.25, 0.3) is 0 Å². The fourth-order valence-corrected chi connectivity index (χ4v) is 3.16. The first kappa shape index (κ1) is 14.6. The number of ether oxygens (including phenoxy) is 1. The molecule has 22 heavy (non-hydrogen) atoms. The van der Waals surface area contributed by atoms with Crippen molar-refractivity contribution in [3.63, 3.8) is 0 Å². The number of hydrogen-bond donors (Lipinski definition) is 0. The molecule has 0 unspecified atom stereocenters. The number of methoxy groups -OCH3 is 1. The summed E-state index contributed by atoms with van der Waals surface area (Å²) in [5, 5.41) is 1.96. The zero-order valence-corrected chi connectivity index (χ0v) is 12.2. The lowest BCUT2D eigenvalue weighted by Crippen LogP contribution is -2.09. The summed E-state index contributed by atoms with van der Waals surface area (Å²) in [4.78, 5) is 11.1. The van der Waals surface area contributed by atoms with Gasteiger partial charge in [0.05, 0.1) is 12.6 Å². The number of carbonyl (C=O) groups is 1. The van der Waals surface area contributed by atoms with E-state index in [1.807, 2.05) is 0 Å². The second-order valence-electron chi connectivity index (χ2n) is 4.56. The summed E-state index contributed by atoms with van der Waals surface area (Å²) < 4.78 is 45.2. The third-order valence-corrected chi connectivity index (χ3v) is 4.26. The van der Waals surface area contributed by atoms with Gasteiger partial charge in [0.2, 0.25) is 0 Å². The molecule has 1 aromatic carbocycles. The van der Waals surface area contributed by atoms with Crippen molar-refractivity contribution in [2.75, 3.05) is 7.11 Å². The zero-order valence-electron chi connectivity index (χ0n) is 11.3. The van der Waals surface area contributed by atoms with Crippen molar-refractivity contribution in [3.05, 3.63) is 46.8 Å². The molecule has 0 radical (unpaired) electrons. The van der Waals surface area contributed by atoms with Crippen LogP contribution in [0.4, 0.5) is 18.0 Å². The van der Waals surface area contributed by atoms with Crippen LogP contribution in [0.25, 0.3) is 22.0 Å². The molecular weight excluding hydrogens is 315 g/mol. The van der Waals surface area contributed by atoms with Gasteiger partial charge in [0, 0.05) is 22.7 Å². The van der Waals surface area contributed by atoms with Gasteiger partial charge >= 0.3 is 12.3 Å². The van der Waals surface area contributed by atoms with Crippen LogP contribution in [0.1, 0.15) is 4.88 Å². The minimum atomic E-state index is -4.43. The van der Waals surface area contributed by atoms with E-state index in [1.165, 1.54) is 29.3 Å². The molecule has 114 valence electrons. The predicted octanol–water partition coefficient (Wildman–Crippen LogP) is 5.00. The zero-order chi connectivity index (χ0) is 15.9. The maximum Gasteiger partial charge on any atom is 0.426 e. The first-order valence-corrected chi connectivity index (χ1v) is 7.15. The van der Waals surface area contributed by atoms with Gasteiger partial charge < -0.3 is 4.74 Å². The number of halogens is 3. The van der Waals surface area contributed by atoms with Gasteiger partial charge in [-0.2, -0.15) is 13.2 Å². The third-order valence-electron chi connectivity index (χ3n) is 3.30. The van der Waals surface area contributed by atoms with Crippen molar-refractivity contribution in [2.45, 2.75) is 6.18 Å². The van der Waals surface area contributed by atoms with Crippen LogP contribution in [0.3, 0.4) is 0 Å². The highest BCUT2D eigenvalue weighted by Crippen LogP contribution is 2.43. The maximum absolute atomic E-state index is 13.1. The number of fused-ring (bicyclic) bond motifs is 1. The highest BCUT2D eigenvalue weighted by molar-refractivity contribution is 7.10. The summed E-state index contributed by atoms with van der Waals surface area (Å²) in [6.45, 7) is 0. The van der Waals surface area contributed by atoms with E-state index in [2.05, 4.69) is 4.74 Å².